The summed E-state index contributed by atoms with van der Waals surface area (Å²) in [6.45, 7) is 5.20. The Kier molecular flexibility index (Phi) is 6.76. The fourth-order valence-corrected chi connectivity index (χ4v) is 3.03. The second-order valence-corrected chi connectivity index (χ2v) is 6.38. The van der Waals surface area contributed by atoms with Crippen molar-refractivity contribution in [2.75, 3.05) is 6.61 Å². The van der Waals surface area contributed by atoms with Crippen molar-refractivity contribution in [1.82, 2.24) is 0 Å². The summed E-state index contributed by atoms with van der Waals surface area (Å²) in [6, 6.07) is 11.2. The Morgan fingerprint density at radius 2 is 1.76 bits per heavy atom. The van der Waals surface area contributed by atoms with Crippen molar-refractivity contribution in [1.29, 1.82) is 0 Å². The van der Waals surface area contributed by atoms with Crippen LogP contribution in [-0.4, -0.2) is 39.2 Å². The van der Waals surface area contributed by atoms with Crippen molar-refractivity contribution in [2.45, 2.75) is 32.0 Å². The van der Waals surface area contributed by atoms with E-state index in [0.29, 0.717) is 12.8 Å². The minimum absolute atomic E-state index is 0.257. The van der Waals surface area contributed by atoms with Gasteiger partial charge in [-0.2, -0.15) is 0 Å². The molecule has 2 rings (SSSR count). The summed E-state index contributed by atoms with van der Waals surface area (Å²) in [5.74, 6) is -0.292. The predicted octanol–water partition coefficient (Wildman–Crippen LogP) is 3.25. The highest BCUT2D eigenvalue weighted by atomic mass is 16.3. The molecule has 0 aliphatic heterocycles. The van der Waals surface area contributed by atoms with E-state index in [1.807, 2.05) is 43.3 Å². The minimum atomic E-state index is -1.00. The number of hydrogen-bond donors (Lipinski definition) is 4. The van der Waals surface area contributed by atoms with Crippen LogP contribution < -0.4 is 0 Å². The number of phenolic OH excluding ortho intramolecular Hbond substituents is 1. The molecule has 2 aromatic rings. The normalized spacial score (nSPS) is 15.8. The van der Waals surface area contributed by atoms with E-state index >= 15 is 0 Å². The van der Waals surface area contributed by atoms with Crippen LogP contribution in [0.4, 0.5) is 0 Å². The largest absolute Gasteiger partial charge is 0.507 e. The zero-order chi connectivity index (χ0) is 18.4. The lowest BCUT2D eigenvalue weighted by Crippen LogP contribution is -2.32. The molecular weight excluding hydrogens is 316 g/mol. The summed E-state index contributed by atoms with van der Waals surface area (Å²) in [5, 5.41) is 40.7. The molecule has 134 valence electrons. The Hall–Kier alpha value is -2.14. The van der Waals surface area contributed by atoms with E-state index in [2.05, 4.69) is 6.58 Å². The molecule has 0 fully saturated rings. The van der Waals surface area contributed by atoms with Crippen LogP contribution in [-0.2, 0) is 0 Å². The van der Waals surface area contributed by atoms with Gasteiger partial charge in [0.2, 0.25) is 0 Å². The molecule has 3 atom stereocenters. The predicted molar refractivity (Wildman–Crippen MR) is 101 cm³/mol. The van der Waals surface area contributed by atoms with Crippen LogP contribution in [0.2, 0.25) is 0 Å². The van der Waals surface area contributed by atoms with Crippen LogP contribution >= 0.6 is 0 Å². The first-order valence-electron chi connectivity index (χ1n) is 8.45. The third kappa shape index (κ3) is 4.69. The Bertz CT molecular complexity index is 751. The summed E-state index contributed by atoms with van der Waals surface area (Å²) in [4.78, 5) is 0. The van der Waals surface area contributed by atoms with Crippen LogP contribution in [0.1, 0.15) is 25.3 Å². The minimum Gasteiger partial charge on any atom is -0.507 e. The van der Waals surface area contributed by atoms with E-state index in [-0.39, 0.29) is 5.75 Å². The molecule has 0 radical (unpaired) electrons. The lowest BCUT2D eigenvalue weighted by atomic mass is 9.91. The van der Waals surface area contributed by atoms with E-state index in [9.17, 15) is 15.3 Å². The number of hydrogen-bond acceptors (Lipinski definition) is 4. The van der Waals surface area contributed by atoms with Crippen molar-refractivity contribution in [2.24, 2.45) is 5.92 Å². The van der Waals surface area contributed by atoms with E-state index in [1.165, 1.54) is 6.08 Å². The molecule has 4 heteroatoms. The average Bonchev–Trinajstić information content (AvgIpc) is 2.63. The van der Waals surface area contributed by atoms with Gasteiger partial charge in [0.1, 0.15) is 5.75 Å². The van der Waals surface area contributed by atoms with E-state index in [4.69, 9.17) is 5.11 Å². The van der Waals surface area contributed by atoms with Gasteiger partial charge >= 0.3 is 0 Å². The maximum absolute atomic E-state index is 10.2. The van der Waals surface area contributed by atoms with Crippen molar-refractivity contribution >= 4 is 16.8 Å². The van der Waals surface area contributed by atoms with Gasteiger partial charge in [-0.3, -0.25) is 0 Å². The van der Waals surface area contributed by atoms with Gasteiger partial charge in [0.25, 0.3) is 0 Å². The molecule has 0 heterocycles. The number of fused-ring (bicyclic) bond motifs is 1. The Balaban J connectivity index is 2.12. The summed E-state index contributed by atoms with van der Waals surface area (Å²) in [6.07, 6.45) is 2.88. The van der Waals surface area contributed by atoms with E-state index in [1.54, 1.807) is 6.07 Å². The monoisotopic (exact) mass is 342 g/mol. The van der Waals surface area contributed by atoms with Crippen molar-refractivity contribution in [3.05, 3.63) is 60.2 Å². The van der Waals surface area contributed by atoms with Crippen LogP contribution in [0.25, 0.3) is 16.8 Å². The zero-order valence-electron chi connectivity index (χ0n) is 14.5. The van der Waals surface area contributed by atoms with Crippen molar-refractivity contribution < 1.29 is 20.4 Å². The number of rotatable bonds is 8. The Morgan fingerprint density at radius 1 is 1.08 bits per heavy atom. The van der Waals surface area contributed by atoms with Crippen LogP contribution in [0, 0.1) is 5.92 Å². The van der Waals surface area contributed by atoms with Gasteiger partial charge in [0.05, 0.1) is 18.8 Å². The molecular formula is C21H26O4. The van der Waals surface area contributed by atoms with Gasteiger partial charge in [0.15, 0.2) is 0 Å². The Labute approximate surface area is 148 Å². The third-order valence-electron chi connectivity index (χ3n) is 4.52. The second kappa shape index (κ2) is 8.81. The molecule has 4 nitrogen and oxygen atoms in total. The van der Waals surface area contributed by atoms with E-state index in [0.717, 1.165) is 21.9 Å². The summed E-state index contributed by atoms with van der Waals surface area (Å²) in [7, 11) is 0. The topological polar surface area (TPSA) is 80.9 Å². The fraction of sp³-hybridized carbons (Fsp3) is 0.333. The highest BCUT2D eigenvalue weighted by Crippen LogP contribution is 2.29. The molecule has 0 unspecified atom stereocenters. The maximum atomic E-state index is 10.2. The quantitative estimate of drug-likeness (QED) is 0.555. The molecule has 0 spiro atoms. The maximum Gasteiger partial charge on any atom is 0.123 e. The SMILES string of the molecule is C=C[C@@H]([C@H](O)CO)[C@H](O)CC/C(C)=C/c1ccc(O)c2ccccc12. The number of phenols is 1. The molecule has 0 aromatic heterocycles. The molecule has 0 saturated heterocycles. The van der Waals surface area contributed by atoms with Crippen LogP contribution in [0.3, 0.4) is 0 Å². The molecule has 0 aliphatic carbocycles. The molecule has 4 N–H and O–H groups in total. The Morgan fingerprint density at radius 3 is 2.40 bits per heavy atom. The lowest BCUT2D eigenvalue weighted by Gasteiger charge is -2.23. The van der Waals surface area contributed by atoms with Gasteiger partial charge in [-0.15, -0.1) is 6.58 Å². The van der Waals surface area contributed by atoms with Gasteiger partial charge in [-0.05, 0) is 36.8 Å². The zero-order valence-corrected chi connectivity index (χ0v) is 14.5. The smallest absolute Gasteiger partial charge is 0.123 e. The van der Waals surface area contributed by atoms with Gasteiger partial charge in [-0.1, -0.05) is 48.1 Å². The number of allylic oxidation sites excluding steroid dienone is 1. The first kappa shape index (κ1) is 19.2. The standard InChI is InChI=1S/C21H26O4/c1-3-16(21(25)13-22)19(23)10-8-14(2)12-15-9-11-20(24)18-7-5-4-6-17(15)18/h3-7,9,11-12,16,19,21-25H,1,8,10,13H2,2H3/b14-12+/t16-,19-,21-/m1/s1. The highest BCUT2D eigenvalue weighted by molar-refractivity contribution is 5.94. The summed E-state index contributed by atoms with van der Waals surface area (Å²) in [5.41, 5.74) is 2.09. The highest BCUT2D eigenvalue weighted by Gasteiger charge is 2.23. The summed E-state index contributed by atoms with van der Waals surface area (Å²) >= 11 is 0. The second-order valence-electron chi connectivity index (χ2n) is 6.38. The number of aliphatic hydroxyl groups is 3. The molecule has 2 aromatic carbocycles. The van der Waals surface area contributed by atoms with E-state index < -0.39 is 24.7 Å². The first-order valence-corrected chi connectivity index (χ1v) is 8.45. The lowest BCUT2D eigenvalue weighted by molar-refractivity contribution is 0.00215. The number of aromatic hydroxyl groups is 1. The van der Waals surface area contributed by atoms with Gasteiger partial charge in [0, 0.05) is 11.3 Å². The summed E-state index contributed by atoms with van der Waals surface area (Å²) < 4.78 is 0. The van der Waals surface area contributed by atoms with Crippen molar-refractivity contribution in [3.63, 3.8) is 0 Å². The average molecular weight is 342 g/mol. The fourth-order valence-electron chi connectivity index (χ4n) is 3.03. The molecule has 0 amide bonds. The van der Waals surface area contributed by atoms with Crippen molar-refractivity contribution in [3.8, 4) is 5.75 Å². The molecule has 0 saturated carbocycles. The number of benzene rings is 2. The first-order chi connectivity index (χ1) is 12.0. The van der Waals surface area contributed by atoms with Crippen LogP contribution in [0.5, 0.6) is 5.75 Å². The van der Waals surface area contributed by atoms with Gasteiger partial charge in [-0.25, -0.2) is 0 Å². The number of aliphatic hydroxyl groups excluding tert-OH is 3. The molecule has 0 aliphatic rings. The molecule has 25 heavy (non-hydrogen) atoms. The third-order valence-corrected chi connectivity index (χ3v) is 4.52. The van der Waals surface area contributed by atoms with Crippen LogP contribution in [0.15, 0.2) is 54.6 Å². The van der Waals surface area contributed by atoms with Gasteiger partial charge < -0.3 is 20.4 Å². The molecule has 0 bridgehead atoms.